The van der Waals surface area contributed by atoms with Crippen molar-refractivity contribution in [3.63, 3.8) is 0 Å². The molecule has 1 aliphatic heterocycles. The highest BCUT2D eigenvalue weighted by molar-refractivity contribution is 6.30. The average Bonchev–Trinajstić information content (AvgIpc) is 2.86. The van der Waals surface area contributed by atoms with Crippen LogP contribution in [0.4, 0.5) is 4.79 Å². The molecule has 0 saturated carbocycles. The number of carbonyl (C=O) groups is 3. The molecule has 0 aliphatic carbocycles. The number of ether oxygens (including phenoxy) is 2. The second kappa shape index (κ2) is 10.6. The SMILES string of the molecule is CCOC(=O)C1=C(COC(=O)c2cc(-c3ccc(Cl)cc3)nc3ccccc23)NC(=O)N[C@@H]1CC. The van der Waals surface area contributed by atoms with Crippen LogP contribution in [0, 0.1) is 0 Å². The number of aromatic nitrogens is 1. The number of pyridine rings is 1. The van der Waals surface area contributed by atoms with Crippen LogP contribution in [-0.4, -0.2) is 42.2 Å². The summed E-state index contributed by atoms with van der Waals surface area (Å²) >= 11 is 6.01. The summed E-state index contributed by atoms with van der Waals surface area (Å²) in [6.07, 6.45) is 0.471. The van der Waals surface area contributed by atoms with Gasteiger partial charge in [0.05, 0.1) is 40.7 Å². The van der Waals surface area contributed by atoms with Crippen LogP contribution in [0.1, 0.15) is 30.6 Å². The minimum absolute atomic E-state index is 0.177. The summed E-state index contributed by atoms with van der Waals surface area (Å²) < 4.78 is 10.7. The largest absolute Gasteiger partial charge is 0.463 e. The third-order valence-corrected chi connectivity index (χ3v) is 5.82. The van der Waals surface area contributed by atoms with Crippen molar-refractivity contribution < 1.29 is 23.9 Å². The van der Waals surface area contributed by atoms with Gasteiger partial charge in [0.1, 0.15) is 6.61 Å². The summed E-state index contributed by atoms with van der Waals surface area (Å²) in [5, 5.41) is 6.49. The van der Waals surface area contributed by atoms with E-state index in [-0.39, 0.29) is 24.5 Å². The Morgan fingerprint density at radius 3 is 2.49 bits per heavy atom. The number of nitrogens with one attached hydrogen (secondary N) is 2. The Balaban J connectivity index is 1.68. The first-order chi connectivity index (χ1) is 16.9. The summed E-state index contributed by atoms with van der Waals surface area (Å²) in [6, 6.07) is 15.0. The van der Waals surface area contributed by atoms with Gasteiger partial charge in [-0.05, 0) is 37.6 Å². The third-order valence-electron chi connectivity index (χ3n) is 5.57. The molecule has 0 saturated heterocycles. The number of hydrogen-bond donors (Lipinski definition) is 2. The van der Waals surface area contributed by atoms with E-state index in [0.29, 0.717) is 33.6 Å². The van der Waals surface area contributed by atoms with E-state index in [2.05, 4.69) is 15.6 Å². The first-order valence-corrected chi connectivity index (χ1v) is 11.6. The van der Waals surface area contributed by atoms with Gasteiger partial charge in [-0.25, -0.2) is 19.4 Å². The number of carbonyl (C=O) groups excluding carboxylic acids is 3. The van der Waals surface area contributed by atoms with Crippen LogP contribution in [0.3, 0.4) is 0 Å². The molecule has 9 heteroatoms. The second-order valence-electron chi connectivity index (χ2n) is 7.83. The molecule has 2 amide bonds. The number of halogens is 1. The highest BCUT2D eigenvalue weighted by Crippen LogP contribution is 2.27. The van der Waals surface area contributed by atoms with E-state index in [1.165, 1.54) is 0 Å². The highest BCUT2D eigenvalue weighted by Gasteiger charge is 2.32. The first kappa shape index (κ1) is 24.2. The zero-order valence-corrected chi connectivity index (χ0v) is 20.0. The van der Waals surface area contributed by atoms with E-state index in [1.807, 2.05) is 37.3 Å². The van der Waals surface area contributed by atoms with Crippen LogP contribution in [0.2, 0.25) is 5.02 Å². The van der Waals surface area contributed by atoms with Gasteiger partial charge < -0.3 is 20.1 Å². The van der Waals surface area contributed by atoms with E-state index in [1.54, 1.807) is 31.2 Å². The summed E-state index contributed by atoms with van der Waals surface area (Å²) in [6.45, 7) is 3.40. The fourth-order valence-electron chi connectivity index (χ4n) is 3.90. The lowest BCUT2D eigenvalue weighted by molar-refractivity contribution is -0.139. The molecule has 1 aromatic heterocycles. The quantitative estimate of drug-likeness (QED) is 0.465. The molecule has 8 nitrogen and oxygen atoms in total. The van der Waals surface area contributed by atoms with Gasteiger partial charge >= 0.3 is 18.0 Å². The van der Waals surface area contributed by atoms with Crippen LogP contribution in [0.15, 0.2) is 65.9 Å². The molecule has 180 valence electrons. The number of rotatable bonds is 7. The van der Waals surface area contributed by atoms with Crippen molar-refractivity contribution in [3.8, 4) is 11.3 Å². The Kier molecular flexibility index (Phi) is 7.31. The first-order valence-electron chi connectivity index (χ1n) is 11.2. The van der Waals surface area contributed by atoms with E-state index >= 15 is 0 Å². The number of nitrogens with zero attached hydrogens (tertiary/aromatic N) is 1. The Labute approximate surface area is 207 Å². The lowest BCUT2D eigenvalue weighted by Gasteiger charge is -2.28. The van der Waals surface area contributed by atoms with Gasteiger partial charge in [-0.1, -0.05) is 48.9 Å². The van der Waals surface area contributed by atoms with E-state index < -0.39 is 24.0 Å². The lowest BCUT2D eigenvalue weighted by atomic mass is 10.0. The summed E-state index contributed by atoms with van der Waals surface area (Å²) in [7, 11) is 0. The molecule has 0 unspecified atom stereocenters. The number of urea groups is 1. The zero-order chi connectivity index (χ0) is 24.9. The normalized spacial score (nSPS) is 15.4. The third kappa shape index (κ3) is 5.27. The standard InChI is InChI=1S/C26H24ClN3O5/c1-3-19-23(25(32)34-4-2)22(30-26(33)29-19)14-35-24(31)18-13-21(15-9-11-16(27)12-10-15)28-20-8-6-5-7-17(18)20/h5-13,19H,3-4,14H2,1-2H3,(H2,29,30,33)/t19-/m1/s1. The zero-order valence-electron chi connectivity index (χ0n) is 19.3. The fourth-order valence-corrected chi connectivity index (χ4v) is 4.03. The van der Waals surface area contributed by atoms with Gasteiger partial charge in [0.15, 0.2) is 0 Å². The van der Waals surface area contributed by atoms with Gasteiger partial charge in [-0.2, -0.15) is 0 Å². The minimum atomic E-state index is -0.615. The number of amides is 2. The Morgan fingerprint density at radius 2 is 1.77 bits per heavy atom. The topological polar surface area (TPSA) is 107 Å². The smallest absolute Gasteiger partial charge is 0.339 e. The predicted molar refractivity (Wildman–Crippen MR) is 132 cm³/mol. The van der Waals surface area contributed by atoms with Crippen LogP contribution in [-0.2, 0) is 14.3 Å². The molecule has 2 aromatic carbocycles. The molecule has 0 spiro atoms. The molecular formula is C26H24ClN3O5. The van der Waals surface area contributed by atoms with Crippen molar-refractivity contribution in [1.82, 2.24) is 15.6 Å². The van der Waals surface area contributed by atoms with Crippen LogP contribution in [0.5, 0.6) is 0 Å². The fraction of sp³-hybridized carbons (Fsp3) is 0.231. The number of esters is 2. The summed E-state index contributed by atoms with van der Waals surface area (Å²) in [5.41, 5.74) is 2.75. The highest BCUT2D eigenvalue weighted by atomic mass is 35.5. The molecular weight excluding hydrogens is 470 g/mol. The summed E-state index contributed by atoms with van der Waals surface area (Å²) in [4.78, 5) is 42.6. The molecule has 2 N–H and O–H groups in total. The van der Waals surface area contributed by atoms with Gasteiger partial charge in [0.25, 0.3) is 0 Å². The number of para-hydroxylation sites is 1. The Bertz CT molecular complexity index is 1320. The maximum absolute atomic E-state index is 13.2. The van der Waals surface area contributed by atoms with Crippen LogP contribution in [0.25, 0.3) is 22.2 Å². The maximum Gasteiger partial charge on any atom is 0.339 e. The van der Waals surface area contributed by atoms with Gasteiger partial charge in [-0.3, -0.25) is 0 Å². The van der Waals surface area contributed by atoms with E-state index in [4.69, 9.17) is 21.1 Å². The van der Waals surface area contributed by atoms with Crippen molar-refractivity contribution >= 4 is 40.5 Å². The number of fused-ring (bicyclic) bond motifs is 1. The lowest BCUT2D eigenvalue weighted by Crippen LogP contribution is -2.51. The molecule has 1 aliphatic rings. The minimum Gasteiger partial charge on any atom is -0.463 e. The van der Waals surface area contributed by atoms with E-state index in [9.17, 15) is 14.4 Å². The van der Waals surface area contributed by atoms with Gasteiger partial charge in [0.2, 0.25) is 0 Å². The number of hydrogen-bond acceptors (Lipinski definition) is 6. The molecule has 4 rings (SSSR count). The van der Waals surface area contributed by atoms with Crippen LogP contribution < -0.4 is 10.6 Å². The van der Waals surface area contributed by atoms with Crippen molar-refractivity contribution in [2.24, 2.45) is 0 Å². The Hall–Kier alpha value is -3.91. The van der Waals surface area contributed by atoms with Crippen LogP contribution >= 0.6 is 11.6 Å². The van der Waals surface area contributed by atoms with Crippen molar-refractivity contribution in [2.75, 3.05) is 13.2 Å². The molecule has 3 aromatic rings. The number of benzene rings is 2. The molecule has 0 fully saturated rings. The van der Waals surface area contributed by atoms with Crippen molar-refractivity contribution in [3.05, 3.63) is 76.5 Å². The molecule has 1 atom stereocenters. The van der Waals surface area contributed by atoms with Crippen molar-refractivity contribution in [1.29, 1.82) is 0 Å². The van der Waals surface area contributed by atoms with Gasteiger partial charge in [-0.15, -0.1) is 0 Å². The predicted octanol–water partition coefficient (Wildman–Crippen LogP) is 4.62. The molecule has 35 heavy (non-hydrogen) atoms. The Morgan fingerprint density at radius 1 is 1.03 bits per heavy atom. The maximum atomic E-state index is 13.2. The molecule has 0 bridgehead atoms. The monoisotopic (exact) mass is 493 g/mol. The molecule has 2 heterocycles. The summed E-state index contributed by atoms with van der Waals surface area (Å²) in [5.74, 6) is -1.19. The van der Waals surface area contributed by atoms with Gasteiger partial charge in [0, 0.05) is 16.0 Å². The second-order valence-corrected chi connectivity index (χ2v) is 8.26. The van der Waals surface area contributed by atoms with E-state index in [0.717, 1.165) is 5.56 Å². The molecule has 0 radical (unpaired) electrons. The van der Waals surface area contributed by atoms with Crippen molar-refractivity contribution in [2.45, 2.75) is 26.3 Å². The average molecular weight is 494 g/mol.